The van der Waals surface area contributed by atoms with Crippen LogP contribution in [0.3, 0.4) is 0 Å². The van der Waals surface area contributed by atoms with Crippen molar-refractivity contribution in [2.75, 3.05) is 11.1 Å². The largest absolute Gasteiger partial charge is 0.383 e. The Balaban J connectivity index is 2.22. The fourth-order valence-corrected chi connectivity index (χ4v) is 1.38. The second-order valence-corrected chi connectivity index (χ2v) is 3.52. The molecule has 0 fully saturated rings. The lowest BCUT2D eigenvalue weighted by atomic mass is 10.2. The highest BCUT2D eigenvalue weighted by atomic mass is 19.2. The predicted molar refractivity (Wildman–Crippen MR) is 63.0 cm³/mol. The van der Waals surface area contributed by atoms with E-state index in [0.29, 0.717) is 0 Å². The van der Waals surface area contributed by atoms with Crippen LogP contribution in [0.5, 0.6) is 0 Å². The van der Waals surface area contributed by atoms with Crippen LogP contribution in [0.15, 0.2) is 36.5 Å². The van der Waals surface area contributed by atoms with Crippen molar-refractivity contribution in [3.05, 3.63) is 53.7 Å². The van der Waals surface area contributed by atoms with Gasteiger partial charge < -0.3 is 11.1 Å². The third kappa shape index (κ3) is 2.42. The van der Waals surface area contributed by atoms with E-state index >= 15 is 0 Å². The van der Waals surface area contributed by atoms with Crippen molar-refractivity contribution in [2.45, 2.75) is 0 Å². The number of nitrogens with two attached hydrogens (primary N) is 1. The Morgan fingerprint density at radius 2 is 2.00 bits per heavy atom. The molecule has 0 aliphatic rings. The van der Waals surface area contributed by atoms with E-state index in [2.05, 4.69) is 10.3 Å². The van der Waals surface area contributed by atoms with Crippen LogP contribution in [0, 0.1) is 11.6 Å². The molecule has 0 bridgehead atoms. The molecule has 1 amide bonds. The number of hydrogen-bond acceptors (Lipinski definition) is 3. The Bertz CT molecular complexity index is 602. The number of carbonyl (C=O) groups excluding carboxylic acids is 1. The molecule has 0 unspecified atom stereocenters. The topological polar surface area (TPSA) is 68.0 Å². The molecular weight excluding hydrogens is 240 g/mol. The lowest BCUT2D eigenvalue weighted by Crippen LogP contribution is -2.14. The molecule has 2 rings (SSSR count). The van der Waals surface area contributed by atoms with Crippen LogP contribution in [0.2, 0.25) is 0 Å². The van der Waals surface area contributed by atoms with E-state index in [1.54, 1.807) is 6.07 Å². The van der Waals surface area contributed by atoms with Gasteiger partial charge in [-0.05, 0) is 24.3 Å². The number of nitrogens with one attached hydrogen (secondary N) is 1. The quantitative estimate of drug-likeness (QED) is 0.857. The number of anilines is 2. The minimum absolute atomic E-state index is 0.0672. The molecule has 0 aliphatic heterocycles. The number of carbonyl (C=O) groups is 1. The van der Waals surface area contributed by atoms with Gasteiger partial charge in [0.1, 0.15) is 5.82 Å². The van der Waals surface area contributed by atoms with Crippen LogP contribution in [-0.2, 0) is 0 Å². The molecule has 92 valence electrons. The number of nitrogen functional groups attached to an aromatic ring is 1. The molecule has 2 aromatic rings. The van der Waals surface area contributed by atoms with Gasteiger partial charge in [-0.2, -0.15) is 0 Å². The molecule has 1 heterocycles. The van der Waals surface area contributed by atoms with Crippen molar-refractivity contribution in [3.63, 3.8) is 0 Å². The average molecular weight is 249 g/mol. The van der Waals surface area contributed by atoms with Crippen LogP contribution in [0.4, 0.5) is 20.3 Å². The summed E-state index contributed by atoms with van der Waals surface area (Å²) < 4.78 is 25.7. The minimum atomic E-state index is -1.04. The molecule has 0 aliphatic carbocycles. The Morgan fingerprint density at radius 3 is 2.67 bits per heavy atom. The predicted octanol–water partition coefficient (Wildman–Crippen LogP) is 2.19. The van der Waals surface area contributed by atoms with Gasteiger partial charge in [0.2, 0.25) is 0 Å². The van der Waals surface area contributed by atoms with Gasteiger partial charge >= 0.3 is 0 Å². The summed E-state index contributed by atoms with van der Waals surface area (Å²) in [5, 5.41) is 2.40. The number of pyridine rings is 1. The molecule has 1 aromatic heterocycles. The number of aromatic nitrogens is 1. The molecule has 0 spiro atoms. The summed E-state index contributed by atoms with van der Waals surface area (Å²) in [4.78, 5) is 15.5. The maximum absolute atomic E-state index is 12.9. The Hall–Kier alpha value is -2.50. The van der Waals surface area contributed by atoms with Gasteiger partial charge in [-0.1, -0.05) is 0 Å². The summed E-state index contributed by atoms with van der Waals surface area (Å²) in [7, 11) is 0. The average Bonchev–Trinajstić information content (AvgIpc) is 2.34. The van der Waals surface area contributed by atoms with Crippen molar-refractivity contribution >= 4 is 17.4 Å². The molecule has 0 saturated heterocycles. The van der Waals surface area contributed by atoms with E-state index in [9.17, 15) is 13.6 Å². The van der Waals surface area contributed by atoms with E-state index in [0.717, 1.165) is 12.1 Å². The number of benzene rings is 1. The van der Waals surface area contributed by atoms with Gasteiger partial charge in [-0.3, -0.25) is 4.79 Å². The van der Waals surface area contributed by atoms with Crippen molar-refractivity contribution in [2.24, 2.45) is 0 Å². The summed E-state index contributed by atoms with van der Waals surface area (Å²) in [6.07, 6.45) is 1.45. The SMILES string of the molecule is Nc1ncccc1C(=O)Nc1ccc(F)c(F)c1. The zero-order chi connectivity index (χ0) is 13.1. The summed E-state index contributed by atoms with van der Waals surface area (Å²) in [5.41, 5.74) is 5.83. The summed E-state index contributed by atoms with van der Waals surface area (Å²) in [5.74, 6) is -2.48. The van der Waals surface area contributed by atoms with Crippen LogP contribution < -0.4 is 11.1 Å². The normalized spacial score (nSPS) is 10.1. The molecule has 3 N–H and O–H groups in total. The van der Waals surface area contributed by atoms with E-state index in [1.165, 1.54) is 18.3 Å². The van der Waals surface area contributed by atoms with Gasteiger partial charge in [-0.25, -0.2) is 13.8 Å². The van der Waals surface area contributed by atoms with Crippen molar-refractivity contribution in [1.29, 1.82) is 0 Å². The van der Waals surface area contributed by atoms with Crippen LogP contribution in [0.1, 0.15) is 10.4 Å². The monoisotopic (exact) mass is 249 g/mol. The lowest BCUT2D eigenvalue weighted by Gasteiger charge is -2.06. The molecule has 4 nitrogen and oxygen atoms in total. The number of rotatable bonds is 2. The highest BCUT2D eigenvalue weighted by molar-refractivity contribution is 6.07. The highest BCUT2D eigenvalue weighted by Crippen LogP contribution is 2.15. The second-order valence-electron chi connectivity index (χ2n) is 3.52. The van der Waals surface area contributed by atoms with Gasteiger partial charge in [0.05, 0.1) is 5.56 Å². The van der Waals surface area contributed by atoms with Crippen molar-refractivity contribution in [3.8, 4) is 0 Å². The molecule has 0 saturated carbocycles. The fourth-order valence-electron chi connectivity index (χ4n) is 1.38. The van der Waals surface area contributed by atoms with Crippen molar-refractivity contribution in [1.82, 2.24) is 4.98 Å². The Morgan fingerprint density at radius 1 is 1.22 bits per heavy atom. The zero-order valence-corrected chi connectivity index (χ0v) is 9.15. The maximum atomic E-state index is 12.9. The van der Waals surface area contributed by atoms with Gasteiger partial charge in [0.25, 0.3) is 5.91 Å². The molecule has 18 heavy (non-hydrogen) atoms. The lowest BCUT2D eigenvalue weighted by molar-refractivity contribution is 0.102. The zero-order valence-electron chi connectivity index (χ0n) is 9.15. The summed E-state index contributed by atoms with van der Waals surface area (Å²) >= 11 is 0. The maximum Gasteiger partial charge on any atom is 0.259 e. The standard InChI is InChI=1S/C12H9F2N3O/c13-9-4-3-7(6-10(9)14)17-12(18)8-2-1-5-16-11(8)15/h1-6H,(H2,15,16)(H,17,18). The minimum Gasteiger partial charge on any atom is -0.383 e. The Labute approximate surface area is 101 Å². The molecule has 1 aromatic carbocycles. The number of hydrogen-bond donors (Lipinski definition) is 2. The first-order chi connectivity index (χ1) is 8.58. The first kappa shape index (κ1) is 12.0. The molecule has 0 atom stereocenters. The third-order valence-corrected chi connectivity index (χ3v) is 2.26. The fraction of sp³-hybridized carbons (Fsp3) is 0. The molecule has 0 radical (unpaired) electrons. The third-order valence-electron chi connectivity index (χ3n) is 2.26. The summed E-state index contributed by atoms with van der Waals surface area (Å²) in [6.45, 7) is 0. The van der Waals surface area contributed by atoms with E-state index < -0.39 is 17.5 Å². The number of amides is 1. The van der Waals surface area contributed by atoms with Crippen LogP contribution >= 0.6 is 0 Å². The smallest absolute Gasteiger partial charge is 0.259 e. The first-order valence-corrected chi connectivity index (χ1v) is 5.05. The van der Waals surface area contributed by atoms with Gasteiger partial charge in [0.15, 0.2) is 11.6 Å². The van der Waals surface area contributed by atoms with Crippen LogP contribution in [0.25, 0.3) is 0 Å². The van der Waals surface area contributed by atoms with Gasteiger partial charge in [-0.15, -0.1) is 0 Å². The van der Waals surface area contributed by atoms with Crippen LogP contribution in [-0.4, -0.2) is 10.9 Å². The van der Waals surface area contributed by atoms with E-state index in [1.807, 2.05) is 0 Å². The summed E-state index contributed by atoms with van der Waals surface area (Å²) in [6, 6.07) is 6.11. The van der Waals surface area contributed by atoms with E-state index in [4.69, 9.17) is 5.73 Å². The molecule has 6 heteroatoms. The number of nitrogens with zero attached hydrogens (tertiary/aromatic N) is 1. The molecular formula is C12H9F2N3O. The Kier molecular flexibility index (Phi) is 3.18. The van der Waals surface area contributed by atoms with E-state index in [-0.39, 0.29) is 17.1 Å². The van der Waals surface area contributed by atoms with Gasteiger partial charge in [0, 0.05) is 18.0 Å². The number of halogens is 2. The first-order valence-electron chi connectivity index (χ1n) is 5.05. The van der Waals surface area contributed by atoms with Crippen molar-refractivity contribution < 1.29 is 13.6 Å². The second kappa shape index (κ2) is 4.79. The highest BCUT2D eigenvalue weighted by Gasteiger charge is 2.11.